The second-order valence-corrected chi connectivity index (χ2v) is 6.43. The summed E-state index contributed by atoms with van der Waals surface area (Å²) < 4.78 is 14.8. The lowest BCUT2D eigenvalue weighted by Crippen LogP contribution is -2.25. The summed E-state index contributed by atoms with van der Waals surface area (Å²) >= 11 is 1.47. The Kier molecular flexibility index (Phi) is 5.04. The smallest absolute Gasteiger partial charge is 0.244 e. The van der Waals surface area contributed by atoms with Crippen LogP contribution in [0.2, 0.25) is 0 Å². The van der Waals surface area contributed by atoms with Crippen LogP contribution in [0.15, 0.2) is 48.1 Å². The fourth-order valence-corrected chi connectivity index (χ4v) is 3.02. The van der Waals surface area contributed by atoms with Gasteiger partial charge in [0.05, 0.1) is 17.9 Å². The zero-order chi connectivity index (χ0) is 17.8. The molecule has 0 saturated heterocycles. The Morgan fingerprint density at radius 1 is 1.36 bits per heavy atom. The highest BCUT2D eigenvalue weighted by Gasteiger charge is 2.15. The lowest BCUT2D eigenvalue weighted by atomic mass is 10.1. The minimum atomic E-state index is -0.290. The summed E-state index contributed by atoms with van der Waals surface area (Å²) in [6.45, 7) is 3.81. The van der Waals surface area contributed by atoms with Crippen molar-refractivity contribution >= 4 is 23.3 Å². The lowest BCUT2D eigenvalue weighted by molar-refractivity contribution is -0.117. The molecular formula is C18H17FN4OS. The van der Waals surface area contributed by atoms with E-state index in [9.17, 15) is 9.18 Å². The first-order valence-corrected chi connectivity index (χ1v) is 8.61. The Morgan fingerprint density at radius 3 is 2.80 bits per heavy atom. The van der Waals surface area contributed by atoms with Crippen LogP contribution in [0.4, 0.5) is 4.39 Å². The van der Waals surface area contributed by atoms with E-state index in [0.29, 0.717) is 0 Å². The average molecular weight is 356 g/mol. The summed E-state index contributed by atoms with van der Waals surface area (Å²) in [7, 11) is 0. The molecule has 0 fully saturated rings. The number of nitrogens with one attached hydrogen (secondary N) is 1. The highest BCUT2D eigenvalue weighted by atomic mass is 32.1. The SMILES string of the molecule is Cc1c(C(C)NC(=O)C=Cc2nccs2)cnn1-c1ccc(F)cc1. The predicted molar refractivity (Wildman–Crippen MR) is 96.0 cm³/mol. The molecule has 0 saturated carbocycles. The van der Waals surface area contributed by atoms with Gasteiger partial charge in [-0.3, -0.25) is 4.79 Å². The normalized spacial score (nSPS) is 12.4. The van der Waals surface area contributed by atoms with Gasteiger partial charge in [-0.2, -0.15) is 5.10 Å². The van der Waals surface area contributed by atoms with Crippen molar-refractivity contribution in [3.63, 3.8) is 0 Å². The van der Waals surface area contributed by atoms with E-state index in [1.54, 1.807) is 35.3 Å². The van der Waals surface area contributed by atoms with Crippen molar-refractivity contribution < 1.29 is 9.18 Å². The maximum absolute atomic E-state index is 13.1. The number of halogens is 1. The molecule has 25 heavy (non-hydrogen) atoms. The topological polar surface area (TPSA) is 59.8 Å². The van der Waals surface area contributed by atoms with Crippen molar-refractivity contribution in [2.75, 3.05) is 0 Å². The maximum Gasteiger partial charge on any atom is 0.244 e. The minimum Gasteiger partial charge on any atom is -0.346 e. The third-order valence-corrected chi connectivity index (χ3v) is 4.51. The summed E-state index contributed by atoms with van der Waals surface area (Å²) in [5.41, 5.74) is 2.57. The molecule has 0 aliphatic heterocycles. The van der Waals surface area contributed by atoms with Crippen molar-refractivity contribution in [2.24, 2.45) is 0 Å². The van der Waals surface area contributed by atoms with E-state index in [0.717, 1.165) is 22.0 Å². The van der Waals surface area contributed by atoms with Crippen molar-refractivity contribution in [3.8, 4) is 5.69 Å². The van der Waals surface area contributed by atoms with Gasteiger partial charge in [0, 0.05) is 28.9 Å². The Morgan fingerprint density at radius 2 is 2.12 bits per heavy atom. The molecule has 0 radical (unpaired) electrons. The third-order valence-electron chi connectivity index (χ3n) is 3.77. The van der Waals surface area contributed by atoms with Gasteiger partial charge in [-0.05, 0) is 44.2 Å². The van der Waals surface area contributed by atoms with Gasteiger partial charge < -0.3 is 5.32 Å². The molecule has 3 rings (SSSR count). The third kappa shape index (κ3) is 4.00. The number of rotatable bonds is 5. The fourth-order valence-electron chi connectivity index (χ4n) is 2.49. The molecule has 0 bridgehead atoms. The number of hydrogen-bond acceptors (Lipinski definition) is 4. The molecule has 1 aromatic carbocycles. The molecule has 128 valence electrons. The molecule has 1 unspecified atom stereocenters. The van der Waals surface area contributed by atoms with Crippen LogP contribution in [-0.4, -0.2) is 20.7 Å². The van der Waals surface area contributed by atoms with Gasteiger partial charge in [0.25, 0.3) is 0 Å². The summed E-state index contributed by atoms with van der Waals surface area (Å²) in [5.74, 6) is -0.488. The fraction of sp³-hybridized carbons (Fsp3) is 0.167. The van der Waals surface area contributed by atoms with Crippen molar-refractivity contribution in [1.82, 2.24) is 20.1 Å². The minimum absolute atomic E-state index is 0.198. The molecule has 0 aliphatic rings. The molecule has 2 aromatic heterocycles. The van der Waals surface area contributed by atoms with Crippen LogP contribution in [-0.2, 0) is 4.79 Å². The van der Waals surface area contributed by atoms with Gasteiger partial charge in [-0.25, -0.2) is 14.1 Å². The van der Waals surface area contributed by atoms with E-state index in [2.05, 4.69) is 15.4 Å². The molecule has 7 heteroatoms. The summed E-state index contributed by atoms with van der Waals surface area (Å²) in [6.07, 6.45) is 6.56. The average Bonchev–Trinajstić information content (AvgIpc) is 3.23. The highest BCUT2D eigenvalue weighted by molar-refractivity contribution is 7.10. The monoisotopic (exact) mass is 356 g/mol. The first kappa shape index (κ1) is 17.0. The predicted octanol–water partition coefficient (Wildman–Crippen LogP) is 3.67. The molecule has 5 nitrogen and oxygen atoms in total. The standard InChI is InChI=1S/C18H17FN4OS/c1-12(22-17(24)7-8-18-20-9-10-25-18)16-11-21-23(13(16)2)15-5-3-14(19)4-6-15/h3-12H,1-2H3,(H,22,24). The molecule has 0 aliphatic carbocycles. The Balaban J connectivity index is 1.71. The number of aromatic nitrogens is 3. The molecule has 3 aromatic rings. The zero-order valence-corrected chi connectivity index (χ0v) is 14.6. The van der Waals surface area contributed by atoms with Crippen molar-refractivity contribution in [1.29, 1.82) is 0 Å². The van der Waals surface area contributed by atoms with Crippen LogP contribution in [0, 0.1) is 12.7 Å². The number of hydrogen-bond donors (Lipinski definition) is 1. The summed E-state index contributed by atoms with van der Waals surface area (Å²) in [4.78, 5) is 16.2. The number of benzene rings is 1. The second-order valence-electron chi connectivity index (χ2n) is 5.51. The van der Waals surface area contributed by atoms with E-state index in [-0.39, 0.29) is 17.8 Å². The number of amides is 1. The van der Waals surface area contributed by atoms with Gasteiger partial charge in [-0.15, -0.1) is 11.3 Å². The van der Waals surface area contributed by atoms with Crippen LogP contribution in [0.5, 0.6) is 0 Å². The van der Waals surface area contributed by atoms with E-state index in [1.165, 1.54) is 29.5 Å². The number of carbonyl (C=O) groups excluding carboxylic acids is 1. The molecule has 1 amide bonds. The van der Waals surface area contributed by atoms with Gasteiger partial charge in [0.15, 0.2) is 0 Å². The van der Waals surface area contributed by atoms with Gasteiger partial charge >= 0.3 is 0 Å². The summed E-state index contributed by atoms with van der Waals surface area (Å²) in [6, 6.07) is 5.91. The summed E-state index contributed by atoms with van der Waals surface area (Å²) in [5, 5.41) is 9.89. The first-order valence-electron chi connectivity index (χ1n) is 7.73. The first-order chi connectivity index (χ1) is 12.0. The molecule has 0 spiro atoms. The number of carbonyl (C=O) groups is 1. The van der Waals surface area contributed by atoms with Crippen LogP contribution in [0.1, 0.15) is 29.2 Å². The molecule has 1 atom stereocenters. The van der Waals surface area contributed by atoms with Crippen LogP contribution >= 0.6 is 11.3 Å². The van der Waals surface area contributed by atoms with E-state index >= 15 is 0 Å². The van der Waals surface area contributed by atoms with E-state index in [4.69, 9.17) is 0 Å². The second kappa shape index (κ2) is 7.40. The quantitative estimate of drug-likeness (QED) is 0.710. The lowest BCUT2D eigenvalue weighted by Gasteiger charge is -2.13. The number of nitrogens with zero attached hydrogens (tertiary/aromatic N) is 3. The van der Waals surface area contributed by atoms with Gasteiger partial charge in [0.1, 0.15) is 10.8 Å². The Bertz CT molecular complexity index is 884. The Labute approximate surface area is 148 Å². The van der Waals surface area contributed by atoms with Crippen LogP contribution in [0.25, 0.3) is 11.8 Å². The van der Waals surface area contributed by atoms with E-state index < -0.39 is 0 Å². The maximum atomic E-state index is 13.1. The van der Waals surface area contributed by atoms with Crippen molar-refractivity contribution in [2.45, 2.75) is 19.9 Å². The van der Waals surface area contributed by atoms with Gasteiger partial charge in [-0.1, -0.05) is 0 Å². The zero-order valence-electron chi connectivity index (χ0n) is 13.8. The molecular weight excluding hydrogens is 339 g/mol. The highest BCUT2D eigenvalue weighted by Crippen LogP contribution is 2.20. The van der Waals surface area contributed by atoms with Gasteiger partial charge in [0.2, 0.25) is 5.91 Å². The van der Waals surface area contributed by atoms with E-state index in [1.807, 2.05) is 19.2 Å². The van der Waals surface area contributed by atoms with Crippen LogP contribution in [0.3, 0.4) is 0 Å². The van der Waals surface area contributed by atoms with Crippen molar-refractivity contribution in [3.05, 3.63) is 70.2 Å². The van der Waals surface area contributed by atoms with Crippen LogP contribution < -0.4 is 5.32 Å². The molecule has 1 N–H and O–H groups in total. The number of thiazole rings is 1. The molecule has 2 heterocycles. The Hall–Kier alpha value is -2.80. The largest absolute Gasteiger partial charge is 0.346 e.